The number of esters is 1. The zero-order valence-electron chi connectivity index (χ0n) is 13.2. The minimum absolute atomic E-state index is 0.0894. The molecule has 8 heteroatoms. The first kappa shape index (κ1) is 20.1. The fraction of sp³-hybridized carbons (Fsp3) is 0.846. The normalized spacial score (nSPS) is 13.3. The van der Waals surface area contributed by atoms with Crippen LogP contribution in [-0.4, -0.2) is 44.6 Å². The molecule has 124 valence electrons. The highest BCUT2D eigenvalue weighted by molar-refractivity contribution is 7.54. The smallest absolute Gasteiger partial charge is 0.355 e. The molecule has 0 rings (SSSR count). The van der Waals surface area contributed by atoms with Crippen molar-refractivity contribution in [2.45, 2.75) is 46.3 Å². The molecule has 0 saturated heterocycles. The lowest BCUT2D eigenvalue weighted by Crippen LogP contribution is -2.15. The van der Waals surface area contributed by atoms with Gasteiger partial charge in [-0.25, -0.2) is 4.99 Å². The van der Waals surface area contributed by atoms with Crippen LogP contribution in [-0.2, 0) is 27.9 Å². The van der Waals surface area contributed by atoms with Gasteiger partial charge in [0.2, 0.25) is 0 Å². The maximum Gasteiger partial charge on any atom is 0.355 e. The summed E-state index contributed by atoms with van der Waals surface area (Å²) in [5.41, 5.74) is 0. The van der Waals surface area contributed by atoms with Gasteiger partial charge >= 0.3 is 13.6 Å². The number of hydrogen-bond acceptors (Lipinski definition) is 7. The molecule has 0 fully saturated rings. The van der Waals surface area contributed by atoms with Gasteiger partial charge in [-0.15, -0.1) is 0 Å². The molecule has 0 N–H and O–H groups in total. The van der Waals surface area contributed by atoms with Crippen LogP contribution in [0.5, 0.6) is 0 Å². The average molecular weight is 323 g/mol. The van der Waals surface area contributed by atoms with E-state index in [1.807, 2.05) is 6.92 Å². The van der Waals surface area contributed by atoms with Crippen LogP contribution in [0.4, 0.5) is 0 Å². The summed E-state index contributed by atoms with van der Waals surface area (Å²) in [6.07, 6.45) is 1.52. The molecule has 0 spiro atoms. The van der Waals surface area contributed by atoms with Crippen LogP contribution in [0.3, 0.4) is 0 Å². The molecule has 0 aromatic heterocycles. The molecule has 0 aromatic carbocycles. The third-order valence-corrected chi connectivity index (χ3v) is 4.73. The first-order chi connectivity index (χ1) is 10.0. The van der Waals surface area contributed by atoms with E-state index >= 15 is 0 Å². The van der Waals surface area contributed by atoms with Crippen molar-refractivity contribution in [1.82, 2.24) is 0 Å². The van der Waals surface area contributed by atoms with Gasteiger partial charge in [0.25, 0.3) is 0 Å². The SMILES string of the molecule is CCO/C=N/[C@@H](CCC(=O)OCC)P(=O)(OCC)OCC. The predicted octanol–water partition coefficient (Wildman–Crippen LogP) is 2.99. The Hall–Kier alpha value is -0.910. The molecule has 0 aliphatic heterocycles. The van der Waals surface area contributed by atoms with Crippen LogP contribution in [0.2, 0.25) is 0 Å². The van der Waals surface area contributed by atoms with Crippen molar-refractivity contribution in [2.75, 3.05) is 26.4 Å². The second kappa shape index (κ2) is 11.7. The van der Waals surface area contributed by atoms with Crippen molar-refractivity contribution < 1.29 is 27.9 Å². The first-order valence-corrected chi connectivity index (χ1v) is 8.82. The highest BCUT2D eigenvalue weighted by Crippen LogP contribution is 2.55. The van der Waals surface area contributed by atoms with E-state index in [0.717, 1.165) is 0 Å². The molecule has 0 aliphatic rings. The zero-order valence-corrected chi connectivity index (χ0v) is 14.1. The van der Waals surface area contributed by atoms with E-state index in [9.17, 15) is 9.36 Å². The van der Waals surface area contributed by atoms with Gasteiger partial charge in [-0.3, -0.25) is 9.36 Å². The van der Waals surface area contributed by atoms with Crippen LogP contribution in [0.15, 0.2) is 4.99 Å². The lowest BCUT2D eigenvalue weighted by molar-refractivity contribution is -0.143. The van der Waals surface area contributed by atoms with E-state index in [4.69, 9.17) is 18.5 Å². The Balaban J connectivity index is 4.91. The van der Waals surface area contributed by atoms with Gasteiger partial charge in [-0.2, -0.15) is 0 Å². The summed E-state index contributed by atoms with van der Waals surface area (Å²) in [5.74, 6) is -1.15. The van der Waals surface area contributed by atoms with E-state index in [2.05, 4.69) is 4.99 Å². The highest BCUT2D eigenvalue weighted by atomic mass is 31.2. The van der Waals surface area contributed by atoms with Gasteiger partial charge in [0.15, 0.2) is 12.2 Å². The number of ether oxygens (including phenoxy) is 2. The minimum atomic E-state index is -3.43. The van der Waals surface area contributed by atoms with Crippen molar-refractivity contribution >= 4 is 20.0 Å². The number of rotatable bonds is 12. The maximum absolute atomic E-state index is 12.7. The fourth-order valence-corrected chi connectivity index (χ4v) is 3.35. The Kier molecular flexibility index (Phi) is 11.2. The van der Waals surface area contributed by atoms with Crippen LogP contribution in [0.1, 0.15) is 40.5 Å². The predicted molar refractivity (Wildman–Crippen MR) is 80.6 cm³/mol. The van der Waals surface area contributed by atoms with Crippen LogP contribution in [0, 0.1) is 0 Å². The molecular formula is C13H26NO6P. The van der Waals surface area contributed by atoms with Gasteiger partial charge in [0, 0.05) is 6.42 Å². The van der Waals surface area contributed by atoms with Crippen molar-refractivity contribution in [1.29, 1.82) is 0 Å². The molecule has 0 aliphatic carbocycles. The summed E-state index contributed by atoms with van der Waals surface area (Å²) in [6.45, 7) is 8.20. The second-order valence-electron chi connectivity index (χ2n) is 3.91. The summed E-state index contributed by atoms with van der Waals surface area (Å²) in [4.78, 5) is 15.5. The molecule has 0 aromatic rings. The number of nitrogens with zero attached hydrogens (tertiary/aromatic N) is 1. The average Bonchev–Trinajstić information content (AvgIpc) is 2.43. The lowest BCUT2D eigenvalue weighted by atomic mass is 10.3. The summed E-state index contributed by atoms with van der Waals surface area (Å²) < 4.78 is 33.1. The third kappa shape index (κ3) is 8.19. The number of aliphatic imine (C=N–C) groups is 1. The second-order valence-corrected chi connectivity index (χ2v) is 6.10. The van der Waals surface area contributed by atoms with Crippen molar-refractivity contribution in [3.63, 3.8) is 0 Å². The van der Waals surface area contributed by atoms with E-state index in [1.165, 1.54) is 6.40 Å². The van der Waals surface area contributed by atoms with E-state index < -0.39 is 13.4 Å². The maximum atomic E-state index is 12.7. The summed E-state index contributed by atoms with van der Waals surface area (Å²) in [5, 5.41) is 0. The monoisotopic (exact) mass is 323 g/mol. The van der Waals surface area contributed by atoms with Gasteiger partial charge < -0.3 is 18.5 Å². The van der Waals surface area contributed by atoms with Gasteiger partial charge in [0.1, 0.15) is 0 Å². The Bertz CT molecular complexity index is 351. The van der Waals surface area contributed by atoms with Crippen LogP contribution >= 0.6 is 7.60 Å². The van der Waals surface area contributed by atoms with E-state index in [0.29, 0.717) is 13.2 Å². The van der Waals surface area contributed by atoms with Gasteiger partial charge in [0.05, 0.1) is 26.4 Å². The molecular weight excluding hydrogens is 297 g/mol. The molecule has 0 bridgehead atoms. The molecule has 1 atom stereocenters. The Morgan fingerprint density at radius 1 is 1.10 bits per heavy atom. The van der Waals surface area contributed by atoms with Crippen LogP contribution < -0.4 is 0 Å². The van der Waals surface area contributed by atoms with E-state index in [1.54, 1.807) is 20.8 Å². The third-order valence-electron chi connectivity index (χ3n) is 2.37. The molecule has 0 radical (unpaired) electrons. The summed E-state index contributed by atoms with van der Waals surface area (Å²) in [6, 6.07) is 0. The molecule has 21 heavy (non-hydrogen) atoms. The Labute approximate surface area is 126 Å². The molecule has 0 heterocycles. The quantitative estimate of drug-likeness (QED) is 0.238. The first-order valence-electron chi connectivity index (χ1n) is 7.21. The fourth-order valence-electron chi connectivity index (χ4n) is 1.55. The van der Waals surface area contributed by atoms with Crippen molar-refractivity contribution in [3.8, 4) is 0 Å². The Morgan fingerprint density at radius 3 is 2.19 bits per heavy atom. The molecule has 0 unspecified atom stereocenters. The van der Waals surface area contributed by atoms with Crippen molar-refractivity contribution in [2.24, 2.45) is 4.99 Å². The molecule has 0 amide bonds. The molecule has 0 saturated carbocycles. The highest BCUT2D eigenvalue weighted by Gasteiger charge is 2.35. The summed E-state index contributed by atoms with van der Waals surface area (Å²) >= 11 is 0. The standard InChI is InChI=1S/C13H26NO6P/c1-5-17-11-14-12(9-10-13(15)18-6-2)21(16,19-7-3)20-8-4/h11-12H,5-10H2,1-4H3/b14-11+/t12-/m1/s1. The number of carbonyl (C=O) groups excluding carboxylic acids is 1. The lowest BCUT2D eigenvalue weighted by Gasteiger charge is -2.23. The zero-order chi connectivity index (χ0) is 16.1. The largest absolute Gasteiger partial charge is 0.484 e. The van der Waals surface area contributed by atoms with Gasteiger partial charge in [-0.1, -0.05) is 0 Å². The van der Waals surface area contributed by atoms with Crippen molar-refractivity contribution in [3.05, 3.63) is 0 Å². The number of hydrogen-bond donors (Lipinski definition) is 0. The summed E-state index contributed by atoms with van der Waals surface area (Å²) in [7, 11) is -3.43. The Morgan fingerprint density at radius 2 is 1.71 bits per heavy atom. The minimum Gasteiger partial charge on any atom is -0.484 e. The number of carbonyl (C=O) groups is 1. The van der Waals surface area contributed by atoms with Gasteiger partial charge in [-0.05, 0) is 34.1 Å². The van der Waals surface area contributed by atoms with E-state index in [-0.39, 0.29) is 32.0 Å². The molecule has 7 nitrogen and oxygen atoms in total. The topological polar surface area (TPSA) is 83.4 Å². The van der Waals surface area contributed by atoms with Crippen LogP contribution in [0.25, 0.3) is 0 Å².